The smallest absolute Gasteiger partial charge is 0.158 e. The second-order valence-corrected chi connectivity index (χ2v) is 2.14. The molecule has 0 aliphatic rings. The normalized spacial score (nSPS) is 11.5. The van der Waals surface area contributed by atoms with E-state index in [2.05, 4.69) is 0 Å². The summed E-state index contributed by atoms with van der Waals surface area (Å²) < 4.78 is 4.85. The van der Waals surface area contributed by atoms with Crippen LogP contribution in [0.3, 0.4) is 0 Å². The number of Topliss-reactive ketones (excluding diaryl/α,β-unsaturated/α-hetero) is 1. The predicted molar refractivity (Wildman–Crippen MR) is 40.6 cm³/mol. The molecular weight excluding hydrogens is 142 g/mol. The average Bonchev–Trinajstić information content (AvgIpc) is 1.98. The number of methoxy groups -OCH3 is 1. The Balaban J connectivity index is 4.56. The number of hydrogen-bond acceptors (Lipinski definition) is 3. The van der Waals surface area contributed by atoms with Crippen LogP contribution < -0.4 is 0 Å². The minimum atomic E-state index is -0.0582. The van der Waals surface area contributed by atoms with Crippen molar-refractivity contribution in [2.75, 3.05) is 7.11 Å². The average molecular weight is 153 g/mol. The molecule has 0 N–H and O–H groups in total. The molecule has 0 aromatic carbocycles. The summed E-state index contributed by atoms with van der Waals surface area (Å²) in [6.45, 7) is 3.10. The van der Waals surface area contributed by atoms with Gasteiger partial charge in [0.1, 0.15) is 5.76 Å². The van der Waals surface area contributed by atoms with E-state index in [4.69, 9.17) is 10.00 Å². The number of allylic oxidation sites excluding steroid dienone is 2. The number of carbonyl (C=O) groups excluding carboxylic acids is 1. The van der Waals surface area contributed by atoms with Crippen molar-refractivity contribution in [3.05, 3.63) is 11.3 Å². The first-order valence-corrected chi connectivity index (χ1v) is 3.25. The molecule has 0 atom stereocenters. The Morgan fingerprint density at radius 3 is 2.36 bits per heavy atom. The van der Waals surface area contributed by atoms with Crippen molar-refractivity contribution in [1.29, 1.82) is 5.26 Å². The number of ether oxygens (including phenoxy) is 1. The summed E-state index contributed by atoms with van der Waals surface area (Å²) >= 11 is 0. The Morgan fingerprint density at radius 2 is 2.09 bits per heavy atom. The highest BCUT2D eigenvalue weighted by Gasteiger charge is 2.05. The second-order valence-electron chi connectivity index (χ2n) is 2.14. The molecule has 0 amide bonds. The van der Waals surface area contributed by atoms with E-state index in [1.807, 2.05) is 6.07 Å². The number of nitriles is 1. The number of rotatable bonds is 3. The predicted octanol–water partition coefficient (Wildman–Crippen LogP) is 1.41. The van der Waals surface area contributed by atoms with Gasteiger partial charge in [0.15, 0.2) is 5.78 Å². The SMILES string of the molecule is CO/C(CC#N)=C(\C)C(C)=O. The summed E-state index contributed by atoms with van der Waals surface area (Å²) in [7, 11) is 1.46. The third-order valence-electron chi connectivity index (χ3n) is 1.43. The lowest BCUT2D eigenvalue weighted by Gasteiger charge is -2.03. The van der Waals surface area contributed by atoms with Crippen LogP contribution in [0.25, 0.3) is 0 Å². The second kappa shape index (κ2) is 4.51. The van der Waals surface area contributed by atoms with Crippen molar-refractivity contribution in [3.63, 3.8) is 0 Å². The zero-order valence-electron chi connectivity index (χ0n) is 6.97. The number of ketones is 1. The van der Waals surface area contributed by atoms with Crippen LogP contribution in [0.15, 0.2) is 11.3 Å². The Hall–Kier alpha value is -1.30. The molecule has 0 fully saturated rings. The van der Waals surface area contributed by atoms with Crippen molar-refractivity contribution in [1.82, 2.24) is 0 Å². The maximum Gasteiger partial charge on any atom is 0.158 e. The summed E-state index contributed by atoms with van der Waals surface area (Å²) in [6, 6.07) is 1.92. The summed E-state index contributed by atoms with van der Waals surface area (Å²) in [4.78, 5) is 10.8. The monoisotopic (exact) mass is 153 g/mol. The summed E-state index contributed by atoms with van der Waals surface area (Å²) in [5.74, 6) is 0.400. The van der Waals surface area contributed by atoms with Crippen molar-refractivity contribution in [3.8, 4) is 6.07 Å². The van der Waals surface area contributed by atoms with Crippen LogP contribution in [0.1, 0.15) is 20.3 Å². The summed E-state index contributed by atoms with van der Waals surface area (Å²) in [6.07, 6.45) is 0.155. The molecule has 0 aromatic heterocycles. The van der Waals surface area contributed by atoms with E-state index in [1.165, 1.54) is 14.0 Å². The molecule has 0 aromatic rings. The number of hydrogen-bond donors (Lipinski definition) is 0. The van der Waals surface area contributed by atoms with Gasteiger partial charge in [-0.3, -0.25) is 4.79 Å². The number of nitrogens with zero attached hydrogens (tertiary/aromatic N) is 1. The fourth-order valence-electron chi connectivity index (χ4n) is 0.626. The highest BCUT2D eigenvalue weighted by molar-refractivity contribution is 5.93. The van der Waals surface area contributed by atoms with Crippen molar-refractivity contribution >= 4 is 5.78 Å². The van der Waals surface area contributed by atoms with E-state index in [9.17, 15) is 4.79 Å². The van der Waals surface area contributed by atoms with Crippen LogP contribution in [0.4, 0.5) is 0 Å². The van der Waals surface area contributed by atoms with Crippen LogP contribution >= 0.6 is 0 Å². The van der Waals surface area contributed by atoms with E-state index < -0.39 is 0 Å². The number of carbonyl (C=O) groups is 1. The quantitative estimate of drug-likeness (QED) is 0.455. The van der Waals surface area contributed by atoms with Crippen LogP contribution in [0.2, 0.25) is 0 Å². The van der Waals surface area contributed by atoms with Gasteiger partial charge in [0, 0.05) is 5.57 Å². The highest BCUT2D eigenvalue weighted by Crippen LogP contribution is 2.09. The molecule has 60 valence electrons. The minimum Gasteiger partial charge on any atom is -0.500 e. The molecule has 3 heteroatoms. The fraction of sp³-hybridized carbons (Fsp3) is 0.500. The summed E-state index contributed by atoms with van der Waals surface area (Å²) in [5, 5.41) is 8.32. The Morgan fingerprint density at radius 1 is 1.55 bits per heavy atom. The van der Waals surface area contributed by atoms with Crippen molar-refractivity contribution < 1.29 is 9.53 Å². The lowest BCUT2D eigenvalue weighted by atomic mass is 10.1. The van der Waals surface area contributed by atoms with Gasteiger partial charge < -0.3 is 4.74 Å². The third-order valence-corrected chi connectivity index (χ3v) is 1.43. The lowest BCUT2D eigenvalue weighted by Crippen LogP contribution is -1.99. The molecule has 0 aliphatic heterocycles. The zero-order valence-corrected chi connectivity index (χ0v) is 6.97. The molecule has 0 unspecified atom stereocenters. The van der Waals surface area contributed by atoms with E-state index in [0.29, 0.717) is 11.3 Å². The maximum atomic E-state index is 10.8. The van der Waals surface area contributed by atoms with Gasteiger partial charge in [-0.1, -0.05) is 0 Å². The third kappa shape index (κ3) is 2.85. The zero-order chi connectivity index (χ0) is 8.85. The molecule has 3 nitrogen and oxygen atoms in total. The minimum absolute atomic E-state index is 0.0582. The molecule has 0 rings (SSSR count). The first-order valence-electron chi connectivity index (χ1n) is 3.25. The van der Waals surface area contributed by atoms with Gasteiger partial charge in [-0.05, 0) is 13.8 Å². The molecule has 0 bridgehead atoms. The topological polar surface area (TPSA) is 50.1 Å². The van der Waals surface area contributed by atoms with Gasteiger partial charge in [0.25, 0.3) is 0 Å². The molecule has 11 heavy (non-hydrogen) atoms. The van der Waals surface area contributed by atoms with Crippen LogP contribution in [0, 0.1) is 11.3 Å². The van der Waals surface area contributed by atoms with Gasteiger partial charge in [-0.15, -0.1) is 0 Å². The standard InChI is InChI=1S/C8H11NO2/c1-6(7(2)10)8(11-3)4-5-9/h4H2,1-3H3/b8-6+. The van der Waals surface area contributed by atoms with Crippen molar-refractivity contribution in [2.24, 2.45) is 0 Å². The van der Waals surface area contributed by atoms with Crippen LogP contribution in [0.5, 0.6) is 0 Å². The molecule has 0 saturated carbocycles. The van der Waals surface area contributed by atoms with E-state index in [1.54, 1.807) is 6.92 Å². The van der Waals surface area contributed by atoms with Crippen LogP contribution in [-0.4, -0.2) is 12.9 Å². The Labute approximate surface area is 66.3 Å². The largest absolute Gasteiger partial charge is 0.500 e. The maximum absolute atomic E-state index is 10.8. The highest BCUT2D eigenvalue weighted by atomic mass is 16.5. The molecule has 0 aliphatic carbocycles. The Bertz CT molecular complexity index is 223. The molecule has 0 saturated heterocycles. The lowest BCUT2D eigenvalue weighted by molar-refractivity contribution is -0.113. The Kier molecular flexibility index (Phi) is 3.97. The van der Waals surface area contributed by atoms with Gasteiger partial charge in [-0.2, -0.15) is 5.26 Å². The van der Waals surface area contributed by atoms with Gasteiger partial charge in [-0.25, -0.2) is 0 Å². The molecule has 0 spiro atoms. The van der Waals surface area contributed by atoms with E-state index >= 15 is 0 Å². The van der Waals surface area contributed by atoms with E-state index in [0.717, 1.165) is 0 Å². The van der Waals surface area contributed by atoms with Gasteiger partial charge in [0.05, 0.1) is 19.6 Å². The van der Waals surface area contributed by atoms with Crippen molar-refractivity contribution in [2.45, 2.75) is 20.3 Å². The molecular formula is C8H11NO2. The van der Waals surface area contributed by atoms with E-state index in [-0.39, 0.29) is 12.2 Å². The first-order chi connectivity index (χ1) is 5.13. The van der Waals surface area contributed by atoms with Gasteiger partial charge in [0.2, 0.25) is 0 Å². The fourth-order valence-corrected chi connectivity index (χ4v) is 0.626. The molecule has 0 heterocycles. The first kappa shape index (κ1) is 9.70. The van der Waals surface area contributed by atoms with Gasteiger partial charge >= 0.3 is 0 Å². The van der Waals surface area contributed by atoms with Crippen LogP contribution in [-0.2, 0) is 9.53 Å². The summed E-state index contributed by atoms with van der Waals surface area (Å²) in [5.41, 5.74) is 0.522. The molecule has 0 radical (unpaired) electrons.